The highest BCUT2D eigenvalue weighted by Crippen LogP contribution is 2.41. The Morgan fingerprint density at radius 1 is 1.41 bits per heavy atom. The number of aryl methyl sites for hydroxylation is 2. The molecule has 9 heteroatoms. The van der Waals surface area contributed by atoms with Crippen LogP contribution >= 0.6 is 0 Å². The zero-order valence-electron chi connectivity index (χ0n) is 15.4. The summed E-state index contributed by atoms with van der Waals surface area (Å²) in [7, 11) is 1.52. The summed E-state index contributed by atoms with van der Waals surface area (Å²) in [6, 6.07) is 3.12. The molecule has 0 saturated heterocycles. The van der Waals surface area contributed by atoms with Crippen molar-refractivity contribution in [1.29, 1.82) is 0 Å². The van der Waals surface area contributed by atoms with Crippen molar-refractivity contribution in [2.24, 2.45) is 0 Å². The molecule has 0 unspecified atom stereocenters. The van der Waals surface area contributed by atoms with Crippen molar-refractivity contribution in [3.05, 3.63) is 39.9 Å². The lowest BCUT2D eigenvalue weighted by atomic mass is 10.00. The molecule has 3 rings (SSSR count). The second kappa shape index (κ2) is 7.20. The molecule has 2 N–H and O–H groups in total. The van der Waals surface area contributed by atoms with Gasteiger partial charge in [-0.25, -0.2) is 4.98 Å². The van der Waals surface area contributed by atoms with Crippen molar-refractivity contribution in [2.75, 3.05) is 19.0 Å². The number of aromatic nitrogens is 2. The fourth-order valence-electron chi connectivity index (χ4n) is 3.02. The van der Waals surface area contributed by atoms with Crippen LogP contribution in [-0.2, 0) is 0 Å². The predicted octanol–water partition coefficient (Wildman–Crippen LogP) is 3.22. The molecule has 9 nitrogen and oxygen atoms in total. The average Bonchev–Trinajstić information content (AvgIpc) is 2.98. The third-order valence-electron chi connectivity index (χ3n) is 4.33. The molecule has 1 atom stereocenters. The molecule has 0 fully saturated rings. The first-order valence-electron chi connectivity index (χ1n) is 8.33. The minimum absolute atomic E-state index is 0.171. The fraction of sp³-hybridized carbons (Fsp3) is 0.333. The van der Waals surface area contributed by atoms with Gasteiger partial charge in [-0.2, -0.15) is 0 Å². The van der Waals surface area contributed by atoms with Crippen LogP contribution in [0, 0.1) is 24.0 Å². The quantitative estimate of drug-likeness (QED) is 0.499. The maximum absolute atomic E-state index is 11.4. The zero-order valence-corrected chi connectivity index (χ0v) is 15.4. The highest BCUT2D eigenvalue weighted by Gasteiger charge is 2.23. The number of hydrogen-bond acceptors (Lipinski definition) is 8. The first kappa shape index (κ1) is 18.6. The molecule has 142 valence electrons. The lowest BCUT2D eigenvalue weighted by molar-refractivity contribution is -0.384. The van der Waals surface area contributed by atoms with Crippen molar-refractivity contribution >= 4 is 22.3 Å². The molecule has 2 aromatic heterocycles. The predicted molar refractivity (Wildman–Crippen MR) is 100 cm³/mol. The van der Waals surface area contributed by atoms with Crippen LogP contribution in [-0.4, -0.2) is 39.9 Å². The molecular weight excluding hydrogens is 352 g/mol. The van der Waals surface area contributed by atoms with Crippen LogP contribution in [0.15, 0.2) is 22.9 Å². The Bertz CT molecular complexity index is 995. The number of aliphatic hydroxyl groups is 1. The molecule has 0 aliphatic carbocycles. The van der Waals surface area contributed by atoms with Gasteiger partial charge in [-0.1, -0.05) is 5.16 Å². The van der Waals surface area contributed by atoms with Gasteiger partial charge in [0.25, 0.3) is 0 Å². The topological polar surface area (TPSA) is 124 Å². The molecule has 0 aliphatic rings. The minimum Gasteiger partial charge on any atom is -0.496 e. The third kappa shape index (κ3) is 3.28. The van der Waals surface area contributed by atoms with Crippen molar-refractivity contribution in [2.45, 2.75) is 26.8 Å². The van der Waals surface area contributed by atoms with E-state index >= 15 is 0 Å². The maximum Gasteiger partial charge on any atom is 0.311 e. The van der Waals surface area contributed by atoms with Gasteiger partial charge in [0.05, 0.1) is 35.4 Å². The van der Waals surface area contributed by atoms with Gasteiger partial charge in [0.1, 0.15) is 23.4 Å². The molecule has 0 bridgehead atoms. The second-order valence-electron chi connectivity index (χ2n) is 6.27. The smallest absolute Gasteiger partial charge is 0.311 e. The number of nitro groups is 1. The molecule has 1 aromatic carbocycles. The van der Waals surface area contributed by atoms with Gasteiger partial charge in [-0.15, -0.1) is 0 Å². The van der Waals surface area contributed by atoms with Gasteiger partial charge in [-0.3, -0.25) is 10.1 Å². The fourth-order valence-corrected chi connectivity index (χ4v) is 3.02. The summed E-state index contributed by atoms with van der Waals surface area (Å²) in [6.45, 7) is 5.19. The second-order valence-corrected chi connectivity index (χ2v) is 6.27. The molecule has 27 heavy (non-hydrogen) atoms. The lowest BCUT2D eigenvalue weighted by Crippen LogP contribution is -2.20. The Morgan fingerprint density at radius 3 is 2.70 bits per heavy atom. The van der Waals surface area contributed by atoms with Gasteiger partial charge in [0.15, 0.2) is 0 Å². The molecular formula is C18H20N4O5. The molecule has 0 spiro atoms. The van der Waals surface area contributed by atoms with E-state index in [0.29, 0.717) is 28.1 Å². The van der Waals surface area contributed by atoms with E-state index in [4.69, 9.17) is 9.26 Å². The summed E-state index contributed by atoms with van der Waals surface area (Å²) < 4.78 is 10.8. The first-order chi connectivity index (χ1) is 12.9. The first-order valence-corrected chi connectivity index (χ1v) is 8.33. The summed E-state index contributed by atoms with van der Waals surface area (Å²) in [6.07, 6.45) is 1.21. The van der Waals surface area contributed by atoms with Crippen LogP contribution in [0.1, 0.15) is 18.4 Å². The van der Waals surface area contributed by atoms with Gasteiger partial charge in [0.2, 0.25) is 0 Å². The number of hydrogen-bond donors (Lipinski definition) is 2. The average molecular weight is 372 g/mol. The number of nitrogens with zero attached hydrogens (tertiary/aromatic N) is 3. The number of benzene rings is 1. The van der Waals surface area contributed by atoms with Crippen LogP contribution in [0.25, 0.3) is 22.0 Å². The maximum atomic E-state index is 11.4. The van der Waals surface area contributed by atoms with Gasteiger partial charge < -0.3 is 19.7 Å². The summed E-state index contributed by atoms with van der Waals surface area (Å²) >= 11 is 0. The van der Waals surface area contributed by atoms with Crippen molar-refractivity contribution in [3.63, 3.8) is 0 Å². The highest BCUT2D eigenvalue weighted by molar-refractivity contribution is 6.00. The van der Waals surface area contributed by atoms with Gasteiger partial charge in [0, 0.05) is 17.0 Å². The molecule has 2 heterocycles. The van der Waals surface area contributed by atoms with E-state index in [1.807, 2.05) is 6.92 Å². The van der Waals surface area contributed by atoms with E-state index < -0.39 is 4.92 Å². The monoisotopic (exact) mass is 372 g/mol. The van der Waals surface area contributed by atoms with Crippen LogP contribution < -0.4 is 10.1 Å². The van der Waals surface area contributed by atoms with E-state index in [0.717, 1.165) is 11.1 Å². The Kier molecular flexibility index (Phi) is 4.95. The zero-order chi connectivity index (χ0) is 19.7. The molecule has 0 amide bonds. The molecule has 0 radical (unpaired) electrons. The number of pyridine rings is 1. The number of nitrogens with one attached hydrogen (secondary N) is 1. The van der Waals surface area contributed by atoms with Gasteiger partial charge >= 0.3 is 5.69 Å². The molecule has 0 saturated carbocycles. The highest BCUT2D eigenvalue weighted by atomic mass is 16.6. The standard InChI is InChI=1S/C18H20N4O5/c1-9(8-23)20-18-12-6-16(26-4)13(17-10(2)21-27-11(17)3)5-14(12)19-7-15(18)22(24)25/h5-7,9,23H,8H2,1-4H3,(H,19,20)/t9-/m1/s1. The number of methoxy groups -OCH3 is 1. The van der Waals surface area contributed by atoms with E-state index in [1.54, 1.807) is 26.0 Å². The summed E-state index contributed by atoms with van der Waals surface area (Å²) in [5.74, 6) is 1.15. The Morgan fingerprint density at radius 2 is 2.15 bits per heavy atom. The van der Waals surface area contributed by atoms with E-state index in [2.05, 4.69) is 15.5 Å². The third-order valence-corrected chi connectivity index (χ3v) is 4.33. The number of ether oxygens (including phenoxy) is 1. The number of rotatable bonds is 6. The van der Waals surface area contributed by atoms with Crippen molar-refractivity contribution in [1.82, 2.24) is 10.1 Å². The number of fused-ring (bicyclic) bond motifs is 1. The summed E-state index contributed by atoms with van der Waals surface area (Å²) in [4.78, 5) is 15.2. The number of anilines is 1. The Hall–Kier alpha value is -3.20. The van der Waals surface area contributed by atoms with Crippen LogP contribution in [0.5, 0.6) is 5.75 Å². The van der Waals surface area contributed by atoms with E-state index in [9.17, 15) is 15.2 Å². The van der Waals surface area contributed by atoms with E-state index in [1.165, 1.54) is 13.3 Å². The molecule has 3 aromatic rings. The SMILES string of the molecule is COc1cc2c(N[C@H](C)CO)c([N+](=O)[O-])cnc2cc1-c1c(C)noc1C. The van der Waals surface area contributed by atoms with Crippen molar-refractivity contribution in [3.8, 4) is 16.9 Å². The largest absolute Gasteiger partial charge is 0.496 e. The van der Waals surface area contributed by atoms with E-state index in [-0.39, 0.29) is 24.0 Å². The van der Waals surface area contributed by atoms with Crippen molar-refractivity contribution < 1.29 is 19.3 Å². The Balaban J connectivity index is 2.31. The lowest BCUT2D eigenvalue weighted by Gasteiger charge is -2.16. The summed E-state index contributed by atoms with van der Waals surface area (Å²) in [5.41, 5.74) is 2.91. The summed E-state index contributed by atoms with van der Waals surface area (Å²) in [5, 5.41) is 28.3. The molecule has 0 aliphatic heterocycles. The number of aliphatic hydroxyl groups excluding tert-OH is 1. The normalized spacial score (nSPS) is 12.2. The van der Waals surface area contributed by atoms with Crippen LogP contribution in [0.2, 0.25) is 0 Å². The van der Waals surface area contributed by atoms with Crippen LogP contribution in [0.3, 0.4) is 0 Å². The van der Waals surface area contributed by atoms with Gasteiger partial charge in [-0.05, 0) is 32.9 Å². The Labute approximate surface area is 155 Å². The van der Waals surface area contributed by atoms with Crippen LogP contribution in [0.4, 0.5) is 11.4 Å². The minimum atomic E-state index is -0.506.